The first-order chi connectivity index (χ1) is 9.95. The van der Waals surface area contributed by atoms with Crippen LogP contribution in [0.15, 0.2) is 24.3 Å². The number of carboxylic acids is 1. The first-order valence-corrected chi connectivity index (χ1v) is 6.88. The van der Waals surface area contributed by atoms with Crippen LogP contribution in [0.2, 0.25) is 0 Å². The summed E-state index contributed by atoms with van der Waals surface area (Å²) < 4.78 is 18.5. The van der Waals surface area contributed by atoms with Gasteiger partial charge >= 0.3 is 5.97 Å². The van der Waals surface area contributed by atoms with Crippen LogP contribution in [0, 0.1) is 11.7 Å². The van der Waals surface area contributed by atoms with Crippen LogP contribution in [0.5, 0.6) is 5.75 Å². The van der Waals surface area contributed by atoms with Crippen molar-refractivity contribution in [3.8, 4) is 5.75 Å². The van der Waals surface area contributed by atoms with Crippen molar-refractivity contribution in [2.75, 3.05) is 13.1 Å². The SMILES string of the molecule is CC(Oc1cccc(F)c1)C(=O)N1CCC(CC(=O)O)C1. The molecule has 0 bridgehead atoms. The summed E-state index contributed by atoms with van der Waals surface area (Å²) in [7, 11) is 0. The molecule has 2 rings (SSSR count). The fourth-order valence-corrected chi connectivity index (χ4v) is 2.50. The minimum Gasteiger partial charge on any atom is -0.481 e. The van der Waals surface area contributed by atoms with Crippen LogP contribution in [0.3, 0.4) is 0 Å². The van der Waals surface area contributed by atoms with Crippen molar-refractivity contribution in [3.63, 3.8) is 0 Å². The number of benzene rings is 1. The number of nitrogens with zero attached hydrogens (tertiary/aromatic N) is 1. The maximum absolute atomic E-state index is 13.1. The molecule has 6 heteroatoms. The molecule has 2 unspecified atom stereocenters. The Labute approximate surface area is 122 Å². The lowest BCUT2D eigenvalue weighted by Gasteiger charge is -2.21. The molecular weight excluding hydrogens is 277 g/mol. The zero-order valence-electron chi connectivity index (χ0n) is 11.8. The van der Waals surface area contributed by atoms with E-state index in [1.807, 2.05) is 0 Å². The van der Waals surface area contributed by atoms with E-state index < -0.39 is 17.9 Å². The minimum atomic E-state index is -0.849. The van der Waals surface area contributed by atoms with E-state index in [4.69, 9.17) is 9.84 Å². The molecule has 1 amide bonds. The fourth-order valence-electron chi connectivity index (χ4n) is 2.50. The van der Waals surface area contributed by atoms with Crippen molar-refractivity contribution >= 4 is 11.9 Å². The van der Waals surface area contributed by atoms with E-state index in [0.29, 0.717) is 25.3 Å². The molecule has 0 radical (unpaired) electrons. The third-order valence-corrected chi connectivity index (χ3v) is 3.52. The Balaban J connectivity index is 1.90. The van der Waals surface area contributed by atoms with Gasteiger partial charge in [0.15, 0.2) is 6.10 Å². The van der Waals surface area contributed by atoms with Crippen LogP contribution in [0.25, 0.3) is 0 Å². The number of hydrogen-bond donors (Lipinski definition) is 1. The molecule has 2 atom stereocenters. The van der Waals surface area contributed by atoms with Crippen LogP contribution < -0.4 is 4.74 Å². The van der Waals surface area contributed by atoms with Crippen LogP contribution >= 0.6 is 0 Å². The van der Waals surface area contributed by atoms with Gasteiger partial charge in [0, 0.05) is 25.6 Å². The molecule has 1 aliphatic heterocycles. The van der Waals surface area contributed by atoms with E-state index in [0.717, 1.165) is 0 Å². The Bertz CT molecular complexity index is 534. The molecule has 1 aliphatic rings. The average molecular weight is 295 g/mol. The number of rotatable bonds is 5. The van der Waals surface area contributed by atoms with Gasteiger partial charge < -0.3 is 14.7 Å². The lowest BCUT2D eigenvalue weighted by atomic mass is 10.1. The Kier molecular flexibility index (Phi) is 4.77. The highest BCUT2D eigenvalue weighted by molar-refractivity contribution is 5.81. The summed E-state index contributed by atoms with van der Waals surface area (Å²) in [6.07, 6.45) is 0.0311. The second kappa shape index (κ2) is 6.56. The number of halogens is 1. The quantitative estimate of drug-likeness (QED) is 0.901. The van der Waals surface area contributed by atoms with Crippen molar-refractivity contribution in [2.45, 2.75) is 25.9 Å². The molecule has 1 N–H and O–H groups in total. The number of amides is 1. The fraction of sp³-hybridized carbons (Fsp3) is 0.467. The number of likely N-dealkylation sites (tertiary alicyclic amines) is 1. The molecule has 1 saturated heterocycles. The van der Waals surface area contributed by atoms with Gasteiger partial charge in [-0.3, -0.25) is 9.59 Å². The van der Waals surface area contributed by atoms with Gasteiger partial charge in [0.1, 0.15) is 11.6 Å². The molecule has 1 heterocycles. The van der Waals surface area contributed by atoms with Crippen molar-refractivity contribution < 1.29 is 23.8 Å². The molecule has 5 nitrogen and oxygen atoms in total. The number of carboxylic acid groups (broad SMARTS) is 1. The topological polar surface area (TPSA) is 66.8 Å². The highest BCUT2D eigenvalue weighted by Gasteiger charge is 2.30. The maximum atomic E-state index is 13.1. The number of carbonyl (C=O) groups excluding carboxylic acids is 1. The maximum Gasteiger partial charge on any atom is 0.303 e. The second-order valence-corrected chi connectivity index (χ2v) is 5.25. The number of carbonyl (C=O) groups is 2. The highest BCUT2D eigenvalue weighted by atomic mass is 19.1. The van der Waals surface area contributed by atoms with E-state index in [2.05, 4.69) is 0 Å². The molecule has 0 aliphatic carbocycles. The van der Waals surface area contributed by atoms with Crippen LogP contribution in [0.1, 0.15) is 19.8 Å². The molecule has 1 fully saturated rings. The molecule has 114 valence electrons. The molecule has 21 heavy (non-hydrogen) atoms. The van der Waals surface area contributed by atoms with E-state index in [1.54, 1.807) is 17.9 Å². The summed E-state index contributed by atoms with van der Waals surface area (Å²) in [4.78, 5) is 24.5. The first-order valence-electron chi connectivity index (χ1n) is 6.88. The van der Waals surface area contributed by atoms with E-state index in [1.165, 1.54) is 18.2 Å². The predicted octanol–water partition coefficient (Wildman–Crippen LogP) is 1.92. The average Bonchev–Trinajstić information content (AvgIpc) is 2.85. The van der Waals surface area contributed by atoms with Gasteiger partial charge in [-0.05, 0) is 31.4 Å². The standard InChI is InChI=1S/C15H18FNO4/c1-10(21-13-4-2-3-12(16)8-13)15(20)17-6-5-11(9-17)7-14(18)19/h2-4,8,10-11H,5-7,9H2,1H3,(H,18,19). The molecule has 0 spiro atoms. The van der Waals surface area contributed by atoms with Gasteiger partial charge in [-0.2, -0.15) is 0 Å². The summed E-state index contributed by atoms with van der Waals surface area (Å²) >= 11 is 0. The lowest BCUT2D eigenvalue weighted by Crippen LogP contribution is -2.39. The summed E-state index contributed by atoms with van der Waals surface area (Å²) in [6.45, 7) is 2.58. The van der Waals surface area contributed by atoms with Crippen molar-refractivity contribution in [1.29, 1.82) is 0 Å². The number of hydrogen-bond acceptors (Lipinski definition) is 3. The summed E-state index contributed by atoms with van der Waals surface area (Å²) in [5.74, 6) is -1.18. The lowest BCUT2D eigenvalue weighted by molar-refractivity contribution is -0.139. The molecular formula is C15H18FNO4. The predicted molar refractivity (Wildman–Crippen MR) is 73.4 cm³/mol. The van der Waals surface area contributed by atoms with Crippen molar-refractivity contribution in [3.05, 3.63) is 30.1 Å². The zero-order valence-corrected chi connectivity index (χ0v) is 11.8. The number of aliphatic carboxylic acids is 1. The van der Waals surface area contributed by atoms with Crippen LogP contribution in [0.4, 0.5) is 4.39 Å². The van der Waals surface area contributed by atoms with E-state index in [9.17, 15) is 14.0 Å². The first kappa shape index (κ1) is 15.3. The summed E-state index contributed by atoms with van der Waals surface area (Å²) in [5, 5.41) is 8.77. The minimum absolute atomic E-state index is 0.00665. The van der Waals surface area contributed by atoms with Gasteiger partial charge in [-0.15, -0.1) is 0 Å². The Hall–Kier alpha value is -2.11. The highest BCUT2D eigenvalue weighted by Crippen LogP contribution is 2.21. The number of ether oxygens (including phenoxy) is 1. The molecule has 1 aromatic carbocycles. The Morgan fingerprint density at radius 1 is 1.52 bits per heavy atom. The van der Waals surface area contributed by atoms with Gasteiger partial charge in [0.05, 0.1) is 0 Å². The van der Waals surface area contributed by atoms with Gasteiger partial charge in [-0.1, -0.05) is 6.07 Å². The Morgan fingerprint density at radius 2 is 2.29 bits per heavy atom. The normalized spacial score (nSPS) is 19.3. The van der Waals surface area contributed by atoms with Gasteiger partial charge in [0.25, 0.3) is 5.91 Å². The zero-order chi connectivity index (χ0) is 15.4. The van der Waals surface area contributed by atoms with Crippen LogP contribution in [-0.2, 0) is 9.59 Å². The van der Waals surface area contributed by atoms with Gasteiger partial charge in [-0.25, -0.2) is 4.39 Å². The summed E-state index contributed by atoms with van der Waals surface area (Å²) in [5.41, 5.74) is 0. The largest absolute Gasteiger partial charge is 0.481 e. The molecule has 0 saturated carbocycles. The van der Waals surface area contributed by atoms with Crippen molar-refractivity contribution in [1.82, 2.24) is 4.90 Å². The third-order valence-electron chi connectivity index (χ3n) is 3.52. The molecule has 0 aromatic heterocycles. The van der Waals surface area contributed by atoms with E-state index in [-0.39, 0.29) is 18.2 Å². The van der Waals surface area contributed by atoms with Gasteiger partial charge in [0.2, 0.25) is 0 Å². The molecule has 1 aromatic rings. The van der Waals surface area contributed by atoms with Crippen LogP contribution in [-0.4, -0.2) is 41.1 Å². The second-order valence-electron chi connectivity index (χ2n) is 5.25. The smallest absolute Gasteiger partial charge is 0.303 e. The third kappa shape index (κ3) is 4.18. The van der Waals surface area contributed by atoms with Crippen molar-refractivity contribution in [2.24, 2.45) is 5.92 Å². The summed E-state index contributed by atoms with van der Waals surface area (Å²) in [6, 6.07) is 5.63. The Morgan fingerprint density at radius 3 is 2.95 bits per heavy atom. The monoisotopic (exact) mass is 295 g/mol. The van der Waals surface area contributed by atoms with E-state index >= 15 is 0 Å².